The average molecular weight is 268 g/mol. The Morgan fingerprint density at radius 1 is 1.25 bits per heavy atom. The summed E-state index contributed by atoms with van der Waals surface area (Å²) in [6, 6.07) is 9.49. The van der Waals surface area contributed by atoms with Crippen LogP contribution >= 0.6 is 0 Å². The van der Waals surface area contributed by atoms with Gasteiger partial charge in [0.25, 0.3) is 0 Å². The summed E-state index contributed by atoms with van der Waals surface area (Å²) in [7, 11) is 2.03. The Labute approximate surface area is 117 Å². The van der Waals surface area contributed by atoms with Crippen LogP contribution in [0.15, 0.2) is 34.7 Å². The number of aldehydes is 1. The van der Waals surface area contributed by atoms with Crippen LogP contribution in [0.1, 0.15) is 36.1 Å². The number of nitrogens with zero attached hydrogens (tertiary/aromatic N) is 2. The Morgan fingerprint density at radius 2 is 2.05 bits per heavy atom. The van der Waals surface area contributed by atoms with Crippen LogP contribution in [0.25, 0.3) is 22.4 Å². The Kier molecular flexibility index (Phi) is 2.93. The van der Waals surface area contributed by atoms with Crippen LogP contribution in [-0.4, -0.2) is 15.8 Å². The summed E-state index contributed by atoms with van der Waals surface area (Å²) in [5.41, 5.74) is 2.97. The van der Waals surface area contributed by atoms with Gasteiger partial charge in [-0.1, -0.05) is 13.8 Å². The smallest absolute Gasteiger partial charge is 0.185 e. The highest BCUT2D eigenvalue weighted by Crippen LogP contribution is 2.27. The minimum atomic E-state index is 0.337. The molecule has 102 valence electrons. The first-order chi connectivity index (χ1) is 9.60. The number of aryl methyl sites for hydroxylation is 1. The summed E-state index contributed by atoms with van der Waals surface area (Å²) < 4.78 is 7.56. The van der Waals surface area contributed by atoms with E-state index in [-0.39, 0.29) is 0 Å². The topological polar surface area (TPSA) is 48.0 Å². The van der Waals surface area contributed by atoms with Crippen LogP contribution in [0, 0.1) is 0 Å². The van der Waals surface area contributed by atoms with Crippen molar-refractivity contribution in [1.82, 2.24) is 9.55 Å². The zero-order valence-electron chi connectivity index (χ0n) is 11.8. The molecule has 0 spiro atoms. The van der Waals surface area contributed by atoms with Gasteiger partial charge in [-0.05, 0) is 30.3 Å². The predicted octanol–water partition coefficient (Wildman–Crippen LogP) is 3.77. The lowest BCUT2D eigenvalue weighted by atomic mass is 10.1. The van der Waals surface area contributed by atoms with Crippen LogP contribution in [0.2, 0.25) is 0 Å². The van der Waals surface area contributed by atoms with E-state index in [1.807, 2.05) is 25.2 Å². The van der Waals surface area contributed by atoms with Gasteiger partial charge in [-0.3, -0.25) is 4.79 Å². The molecule has 3 aromatic rings. The molecule has 0 amide bonds. The van der Waals surface area contributed by atoms with E-state index >= 15 is 0 Å². The molecule has 0 bridgehead atoms. The maximum atomic E-state index is 10.7. The highest BCUT2D eigenvalue weighted by molar-refractivity contribution is 5.82. The fourth-order valence-electron chi connectivity index (χ4n) is 2.46. The number of imidazole rings is 1. The highest BCUT2D eigenvalue weighted by atomic mass is 16.3. The van der Waals surface area contributed by atoms with Gasteiger partial charge in [-0.2, -0.15) is 0 Å². The van der Waals surface area contributed by atoms with Gasteiger partial charge >= 0.3 is 0 Å². The summed E-state index contributed by atoms with van der Waals surface area (Å²) in [6.07, 6.45) is 0.708. The van der Waals surface area contributed by atoms with Crippen molar-refractivity contribution in [1.29, 1.82) is 0 Å². The van der Waals surface area contributed by atoms with Gasteiger partial charge in [0.2, 0.25) is 0 Å². The number of benzene rings is 1. The molecule has 0 N–H and O–H groups in total. The molecule has 1 aromatic carbocycles. The van der Waals surface area contributed by atoms with Gasteiger partial charge in [0.15, 0.2) is 12.0 Å². The van der Waals surface area contributed by atoms with Crippen molar-refractivity contribution in [3.05, 3.63) is 41.9 Å². The van der Waals surface area contributed by atoms with Gasteiger partial charge in [-0.25, -0.2) is 4.98 Å². The first kappa shape index (κ1) is 12.7. The third-order valence-corrected chi connectivity index (χ3v) is 3.46. The largest absolute Gasteiger partial charge is 0.453 e. The molecule has 2 aromatic heterocycles. The number of rotatable bonds is 3. The summed E-state index contributed by atoms with van der Waals surface area (Å²) in [5.74, 6) is 2.46. The maximum absolute atomic E-state index is 10.7. The van der Waals surface area contributed by atoms with E-state index in [4.69, 9.17) is 4.42 Å². The van der Waals surface area contributed by atoms with E-state index in [1.54, 1.807) is 12.1 Å². The first-order valence-electron chi connectivity index (χ1n) is 6.62. The number of hydrogen-bond donors (Lipinski definition) is 0. The van der Waals surface area contributed by atoms with E-state index in [0.717, 1.165) is 22.4 Å². The third-order valence-electron chi connectivity index (χ3n) is 3.46. The fraction of sp³-hybridized carbons (Fsp3) is 0.250. The Hall–Kier alpha value is -2.36. The number of fused-ring (bicyclic) bond motifs is 1. The molecule has 4 heteroatoms. The summed E-state index contributed by atoms with van der Waals surface area (Å²) in [4.78, 5) is 15.4. The molecule has 0 fully saturated rings. The van der Waals surface area contributed by atoms with Gasteiger partial charge in [0.05, 0.1) is 11.0 Å². The molecule has 0 aliphatic heterocycles. The molecular formula is C16H16N2O2. The SMILES string of the molecule is CC(C)c1nc2cc(-c3ccc(C=O)o3)ccc2n1C. The molecule has 0 radical (unpaired) electrons. The monoisotopic (exact) mass is 268 g/mol. The number of carbonyl (C=O) groups is 1. The molecule has 0 aliphatic carbocycles. The standard InChI is InChI=1S/C16H16N2O2/c1-10(2)16-17-13-8-11(4-6-14(13)18(16)3)15-7-5-12(9-19)20-15/h4-10H,1-3H3. The van der Waals surface area contributed by atoms with E-state index in [1.165, 1.54) is 0 Å². The first-order valence-corrected chi connectivity index (χ1v) is 6.62. The Bertz CT molecular complexity index is 781. The zero-order valence-corrected chi connectivity index (χ0v) is 11.8. The molecule has 4 nitrogen and oxygen atoms in total. The average Bonchev–Trinajstić information content (AvgIpc) is 3.03. The number of aromatic nitrogens is 2. The van der Waals surface area contributed by atoms with Crippen molar-refractivity contribution in [2.45, 2.75) is 19.8 Å². The van der Waals surface area contributed by atoms with Gasteiger partial charge in [0.1, 0.15) is 11.6 Å². The van der Waals surface area contributed by atoms with Crippen molar-refractivity contribution < 1.29 is 9.21 Å². The van der Waals surface area contributed by atoms with Crippen molar-refractivity contribution >= 4 is 17.3 Å². The maximum Gasteiger partial charge on any atom is 0.185 e. The van der Waals surface area contributed by atoms with Crippen LogP contribution in [0.5, 0.6) is 0 Å². The zero-order chi connectivity index (χ0) is 14.3. The second kappa shape index (κ2) is 4.63. The van der Waals surface area contributed by atoms with E-state index < -0.39 is 0 Å². The van der Waals surface area contributed by atoms with E-state index in [2.05, 4.69) is 23.4 Å². The van der Waals surface area contributed by atoms with E-state index in [9.17, 15) is 4.79 Å². The molecule has 0 atom stereocenters. The van der Waals surface area contributed by atoms with Crippen LogP contribution < -0.4 is 0 Å². The number of carbonyl (C=O) groups excluding carboxylic acids is 1. The molecule has 0 saturated carbocycles. The lowest BCUT2D eigenvalue weighted by Crippen LogP contribution is -1.99. The molecule has 0 unspecified atom stereocenters. The molecule has 0 saturated heterocycles. The van der Waals surface area contributed by atoms with Gasteiger partial charge < -0.3 is 8.98 Å². The predicted molar refractivity (Wildman–Crippen MR) is 77.9 cm³/mol. The molecule has 0 aliphatic rings. The van der Waals surface area contributed by atoms with Crippen molar-refractivity contribution in [2.24, 2.45) is 7.05 Å². The van der Waals surface area contributed by atoms with Crippen molar-refractivity contribution in [3.8, 4) is 11.3 Å². The minimum Gasteiger partial charge on any atom is -0.453 e. The number of furan rings is 1. The Morgan fingerprint density at radius 3 is 2.70 bits per heavy atom. The van der Waals surface area contributed by atoms with Gasteiger partial charge in [-0.15, -0.1) is 0 Å². The fourth-order valence-corrected chi connectivity index (χ4v) is 2.46. The molecule has 20 heavy (non-hydrogen) atoms. The second-order valence-corrected chi connectivity index (χ2v) is 5.21. The van der Waals surface area contributed by atoms with E-state index in [0.29, 0.717) is 23.7 Å². The molecular weight excluding hydrogens is 252 g/mol. The van der Waals surface area contributed by atoms with Gasteiger partial charge in [0, 0.05) is 18.5 Å². The molecule has 2 heterocycles. The lowest BCUT2D eigenvalue weighted by molar-refractivity contribution is 0.110. The highest BCUT2D eigenvalue weighted by Gasteiger charge is 2.12. The van der Waals surface area contributed by atoms with Crippen LogP contribution in [-0.2, 0) is 7.05 Å². The lowest BCUT2D eigenvalue weighted by Gasteiger charge is -2.04. The third kappa shape index (κ3) is 1.93. The minimum absolute atomic E-state index is 0.337. The van der Waals surface area contributed by atoms with Crippen molar-refractivity contribution in [3.63, 3.8) is 0 Å². The molecule has 3 rings (SSSR count). The quantitative estimate of drug-likeness (QED) is 0.679. The normalized spacial score (nSPS) is 11.4. The summed E-state index contributed by atoms with van der Waals surface area (Å²) in [6.45, 7) is 4.26. The number of hydrogen-bond acceptors (Lipinski definition) is 3. The summed E-state index contributed by atoms with van der Waals surface area (Å²) >= 11 is 0. The summed E-state index contributed by atoms with van der Waals surface area (Å²) in [5, 5.41) is 0. The second-order valence-electron chi connectivity index (χ2n) is 5.21. The Balaban J connectivity index is 2.13. The van der Waals surface area contributed by atoms with Crippen LogP contribution in [0.3, 0.4) is 0 Å². The van der Waals surface area contributed by atoms with Crippen LogP contribution in [0.4, 0.5) is 0 Å². The van der Waals surface area contributed by atoms with Crippen molar-refractivity contribution in [2.75, 3.05) is 0 Å².